The van der Waals surface area contributed by atoms with E-state index in [0.29, 0.717) is 16.7 Å². The zero-order valence-corrected chi connectivity index (χ0v) is 12.5. The summed E-state index contributed by atoms with van der Waals surface area (Å²) in [7, 11) is 1.48. The van der Waals surface area contributed by atoms with Crippen molar-refractivity contribution < 1.29 is 19.6 Å². The second-order valence-electron chi connectivity index (χ2n) is 4.99. The van der Waals surface area contributed by atoms with Crippen molar-refractivity contribution in [2.75, 3.05) is 13.6 Å². The van der Waals surface area contributed by atoms with Gasteiger partial charge in [0, 0.05) is 24.7 Å². The van der Waals surface area contributed by atoms with Crippen LogP contribution in [-0.4, -0.2) is 40.4 Å². The Hall–Kier alpha value is -2.44. The van der Waals surface area contributed by atoms with E-state index in [4.69, 9.17) is 5.11 Å². The van der Waals surface area contributed by atoms with Crippen molar-refractivity contribution in [2.45, 2.75) is 27.2 Å². The molecule has 0 aliphatic rings. The Kier molecular flexibility index (Phi) is 5.02. The second-order valence-corrected chi connectivity index (χ2v) is 4.99. The Balaban J connectivity index is 3.24. The zero-order valence-electron chi connectivity index (χ0n) is 12.5. The van der Waals surface area contributed by atoms with Crippen LogP contribution in [0.15, 0.2) is 6.07 Å². The minimum Gasteiger partial charge on any atom is -0.481 e. The number of amides is 1. The van der Waals surface area contributed by atoms with Gasteiger partial charge in [-0.15, -0.1) is 0 Å². The fraction of sp³-hybridized carbons (Fsp3) is 0.429. The van der Waals surface area contributed by atoms with Gasteiger partial charge in [0.15, 0.2) is 0 Å². The van der Waals surface area contributed by atoms with E-state index in [1.165, 1.54) is 18.9 Å². The van der Waals surface area contributed by atoms with Gasteiger partial charge in [-0.3, -0.25) is 19.7 Å². The Morgan fingerprint density at radius 2 is 1.86 bits per heavy atom. The lowest BCUT2D eigenvalue weighted by molar-refractivity contribution is -0.386. The molecule has 1 rings (SSSR count). The Labute approximate surface area is 122 Å². The van der Waals surface area contributed by atoms with Crippen molar-refractivity contribution in [1.82, 2.24) is 4.90 Å². The fourth-order valence-corrected chi connectivity index (χ4v) is 2.34. The predicted octanol–water partition coefficient (Wildman–Crippen LogP) is 2.07. The lowest BCUT2D eigenvalue weighted by Gasteiger charge is -2.19. The van der Waals surface area contributed by atoms with E-state index < -0.39 is 16.8 Å². The highest BCUT2D eigenvalue weighted by Gasteiger charge is 2.25. The normalized spacial score (nSPS) is 10.3. The average Bonchev–Trinajstić information content (AvgIpc) is 2.34. The van der Waals surface area contributed by atoms with E-state index >= 15 is 0 Å². The molecule has 1 aromatic carbocycles. The summed E-state index contributed by atoms with van der Waals surface area (Å²) in [6, 6.07) is 1.60. The van der Waals surface area contributed by atoms with E-state index in [2.05, 4.69) is 0 Å². The number of aryl methyl sites for hydroxylation is 2. The predicted molar refractivity (Wildman–Crippen MR) is 76.5 cm³/mol. The Morgan fingerprint density at radius 1 is 1.29 bits per heavy atom. The minimum absolute atomic E-state index is 0.0503. The number of hydrogen-bond acceptors (Lipinski definition) is 4. The third-order valence-corrected chi connectivity index (χ3v) is 3.34. The molecule has 1 aromatic rings. The lowest BCUT2D eigenvalue weighted by Crippen LogP contribution is -2.30. The van der Waals surface area contributed by atoms with Gasteiger partial charge < -0.3 is 10.0 Å². The van der Waals surface area contributed by atoms with Crippen molar-refractivity contribution in [3.63, 3.8) is 0 Å². The monoisotopic (exact) mass is 294 g/mol. The summed E-state index contributed by atoms with van der Waals surface area (Å²) in [5.41, 5.74) is 1.64. The maximum Gasteiger partial charge on any atom is 0.305 e. The number of carboxylic acids is 1. The largest absolute Gasteiger partial charge is 0.481 e. The topological polar surface area (TPSA) is 101 Å². The number of nitro benzene ring substituents is 1. The first-order valence-electron chi connectivity index (χ1n) is 6.39. The Bertz CT molecular complexity index is 610. The van der Waals surface area contributed by atoms with Crippen LogP contribution >= 0.6 is 0 Å². The first-order chi connectivity index (χ1) is 9.66. The van der Waals surface area contributed by atoms with E-state index in [1.807, 2.05) is 0 Å². The number of nitrogens with zero attached hydrogens (tertiary/aromatic N) is 2. The molecule has 0 aliphatic heterocycles. The molecule has 114 valence electrons. The van der Waals surface area contributed by atoms with Crippen molar-refractivity contribution >= 4 is 17.6 Å². The summed E-state index contributed by atoms with van der Waals surface area (Å²) in [6.45, 7) is 4.92. The van der Waals surface area contributed by atoms with E-state index in [9.17, 15) is 19.7 Å². The third kappa shape index (κ3) is 3.56. The van der Waals surface area contributed by atoms with Gasteiger partial charge >= 0.3 is 5.97 Å². The molecule has 1 amide bonds. The van der Waals surface area contributed by atoms with Crippen LogP contribution in [0.1, 0.15) is 33.5 Å². The molecule has 7 nitrogen and oxygen atoms in total. The highest BCUT2D eigenvalue weighted by atomic mass is 16.6. The Morgan fingerprint density at radius 3 is 2.33 bits per heavy atom. The van der Waals surface area contributed by atoms with Crippen LogP contribution in [-0.2, 0) is 4.79 Å². The molecule has 0 spiro atoms. The molecular formula is C14H18N2O5. The molecule has 0 aromatic heterocycles. The molecular weight excluding hydrogens is 276 g/mol. The molecule has 0 radical (unpaired) electrons. The minimum atomic E-state index is -1.00. The maximum absolute atomic E-state index is 12.4. The van der Waals surface area contributed by atoms with Crippen LogP contribution in [0.2, 0.25) is 0 Å². The maximum atomic E-state index is 12.4. The van der Waals surface area contributed by atoms with Crippen LogP contribution in [0.3, 0.4) is 0 Å². The summed E-state index contributed by atoms with van der Waals surface area (Å²) in [4.78, 5) is 34.8. The summed E-state index contributed by atoms with van der Waals surface area (Å²) >= 11 is 0. The number of hydrogen-bond donors (Lipinski definition) is 1. The van der Waals surface area contributed by atoms with Gasteiger partial charge in [0.2, 0.25) is 0 Å². The van der Waals surface area contributed by atoms with Crippen LogP contribution in [0, 0.1) is 30.9 Å². The lowest BCUT2D eigenvalue weighted by atomic mass is 9.96. The molecule has 0 unspecified atom stereocenters. The average molecular weight is 294 g/mol. The van der Waals surface area contributed by atoms with Gasteiger partial charge in [-0.1, -0.05) is 0 Å². The molecule has 0 fully saturated rings. The van der Waals surface area contributed by atoms with Crippen LogP contribution < -0.4 is 0 Å². The van der Waals surface area contributed by atoms with Crippen LogP contribution in [0.4, 0.5) is 5.69 Å². The highest BCUT2D eigenvalue weighted by Crippen LogP contribution is 2.29. The van der Waals surface area contributed by atoms with Crippen molar-refractivity contribution in [1.29, 1.82) is 0 Å². The van der Waals surface area contributed by atoms with Crippen molar-refractivity contribution in [3.8, 4) is 0 Å². The van der Waals surface area contributed by atoms with E-state index in [-0.39, 0.29) is 24.2 Å². The molecule has 0 aliphatic carbocycles. The standard InChI is InChI=1S/C14H18N2O5/c1-8-7-9(2)13(16(20)21)10(3)12(8)14(19)15(4)6-5-11(17)18/h7H,5-6H2,1-4H3,(H,17,18). The zero-order chi connectivity index (χ0) is 16.3. The van der Waals surface area contributed by atoms with E-state index in [0.717, 1.165) is 0 Å². The quantitative estimate of drug-likeness (QED) is 0.661. The summed E-state index contributed by atoms with van der Waals surface area (Å²) < 4.78 is 0. The van der Waals surface area contributed by atoms with Gasteiger partial charge in [-0.25, -0.2) is 0 Å². The van der Waals surface area contributed by atoms with E-state index in [1.54, 1.807) is 19.9 Å². The number of benzene rings is 1. The molecule has 0 saturated heterocycles. The number of carbonyl (C=O) groups excluding carboxylic acids is 1. The molecule has 1 N–H and O–H groups in total. The molecule has 21 heavy (non-hydrogen) atoms. The molecule has 0 saturated carbocycles. The summed E-state index contributed by atoms with van der Waals surface area (Å²) in [5, 5.41) is 19.8. The first-order valence-corrected chi connectivity index (χ1v) is 6.39. The molecule has 0 bridgehead atoms. The van der Waals surface area contributed by atoms with Crippen molar-refractivity contribution in [2.24, 2.45) is 0 Å². The smallest absolute Gasteiger partial charge is 0.305 e. The number of carbonyl (C=O) groups is 2. The van der Waals surface area contributed by atoms with Crippen molar-refractivity contribution in [3.05, 3.63) is 38.4 Å². The fourth-order valence-electron chi connectivity index (χ4n) is 2.34. The number of nitro groups is 1. The highest BCUT2D eigenvalue weighted by molar-refractivity contribution is 5.98. The van der Waals surface area contributed by atoms with Gasteiger partial charge in [-0.05, 0) is 32.4 Å². The first kappa shape index (κ1) is 16.6. The summed E-state index contributed by atoms with van der Waals surface area (Å²) in [6.07, 6.45) is -0.172. The van der Waals surface area contributed by atoms with Gasteiger partial charge in [-0.2, -0.15) is 0 Å². The number of rotatable bonds is 5. The molecule has 0 heterocycles. The second kappa shape index (κ2) is 6.34. The van der Waals surface area contributed by atoms with Crippen LogP contribution in [0.25, 0.3) is 0 Å². The number of carboxylic acid groups (broad SMARTS) is 1. The van der Waals surface area contributed by atoms with Gasteiger partial charge in [0.05, 0.1) is 16.9 Å². The van der Waals surface area contributed by atoms with Gasteiger partial charge in [0.25, 0.3) is 11.6 Å². The molecule has 0 atom stereocenters. The third-order valence-electron chi connectivity index (χ3n) is 3.34. The van der Waals surface area contributed by atoms with Crippen LogP contribution in [0.5, 0.6) is 0 Å². The molecule has 7 heteroatoms. The SMILES string of the molecule is Cc1cc(C)c([N+](=O)[O-])c(C)c1C(=O)N(C)CCC(=O)O. The number of aliphatic carboxylic acids is 1. The summed E-state index contributed by atoms with van der Waals surface area (Å²) in [5.74, 6) is -1.41. The van der Waals surface area contributed by atoms with Gasteiger partial charge in [0.1, 0.15) is 0 Å².